The molecule has 0 radical (unpaired) electrons. The molecule has 5 heteroatoms. The number of hydrogen-bond acceptors (Lipinski definition) is 4. The number of benzene rings is 1. The fraction of sp³-hybridized carbons (Fsp3) is 0.462. The van der Waals surface area contributed by atoms with E-state index in [1.807, 2.05) is 30.3 Å². The van der Waals surface area contributed by atoms with Crippen LogP contribution in [0.25, 0.3) is 0 Å². The number of carbonyl (C=O) groups is 1. The molecule has 0 saturated carbocycles. The molecule has 1 N–H and O–H groups in total. The molecule has 0 aromatic heterocycles. The first-order chi connectivity index (χ1) is 8.57. The Morgan fingerprint density at radius 3 is 2.89 bits per heavy atom. The van der Waals surface area contributed by atoms with E-state index in [1.54, 1.807) is 18.7 Å². The fourth-order valence-electron chi connectivity index (χ4n) is 1.85. The third-order valence-electron chi connectivity index (χ3n) is 2.64. The van der Waals surface area contributed by atoms with Gasteiger partial charge in [-0.2, -0.15) is 0 Å². The lowest BCUT2D eigenvalue weighted by molar-refractivity contribution is -0.174. The first-order valence-corrected chi connectivity index (χ1v) is 6.77. The van der Waals surface area contributed by atoms with Gasteiger partial charge in [-0.3, -0.25) is 4.79 Å². The summed E-state index contributed by atoms with van der Waals surface area (Å²) in [5.74, 6) is -1.12. The first kappa shape index (κ1) is 13.4. The van der Waals surface area contributed by atoms with Crippen molar-refractivity contribution >= 4 is 17.7 Å². The van der Waals surface area contributed by atoms with Gasteiger partial charge in [0.15, 0.2) is 5.79 Å². The van der Waals surface area contributed by atoms with E-state index in [4.69, 9.17) is 14.6 Å². The molecule has 0 aliphatic carbocycles. The van der Waals surface area contributed by atoms with Crippen LogP contribution in [0.4, 0.5) is 0 Å². The summed E-state index contributed by atoms with van der Waals surface area (Å²) in [4.78, 5) is 11.9. The molecule has 0 amide bonds. The molecule has 98 valence electrons. The Balaban J connectivity index is 1.81. The molecule has 0 spiro atoms. The van der Waals surface area contributed by atoms with Gasteiger partial charge in [0.2, 0.25) is 0 Å². The van der Waals surface area contributed by atoms with Crippen LogP contribution in [-0.2, 0) is 14.3 Å². The topological polar surface area (TPSA) is 55.8 Å². The maximum absolute atomic E-state index is 10.7. The predicted octanol–water partition coefficient (Wildman–Crippen LogP) is 2.39. The van der Waals surface area contributed by atoms with Crippen LogP contribution in [-0.4, -0.2) is 35.3 Å². The molecule has 2 unspecified atom stereocenters. The van der Waals surface area contributed by atoms with Gasteiger partial charge >= 0.3 is 5.97 Å². The second kappa shape index (κ2) is 5.73. The van der Waals surface area contributed by atoms with Crippen molar-refractivity contribution in [2.24, 2.45) is 0 Å². The van der Waals surface area contributed by atoms with Crippen molar-refractivity contribution < 1.29 is 19.4 Å². The van der Waals surface area contributed by atoms with Crippen LogP contribution in [0.1, 0.15) is 13.3 Å². The van der Waals surface area contributed by atoms with Crippen LogP contribution >= 0.6 is 11.8 Å². The quantitative estimate of drug-likeness (QED) is 0.831. The zero-order valence-electron chi connectivity index (χ0n) is 10.2. The second-order valence-corrected chi connectivity index (χ2v) is 5.47. The summed E-state index contributed by atoms with van der Waals surface area (Å²) in [6.07, 6.45) is -0.181. The Bertz CT molecular complexity index is 409. The molecule has 1 saturated heterocycles. The molecule has 2 atom stereocenters. The Labute approximate surface area is 110 Å². The van der Waals surface area contributed by atoms with E-state index in [9.17, 15) is 4.79 Å². The van der Waals surface area contributed by atoms with Gasteiger partial charge in [0, 0.05) is 10.6 Å². The summed E-state index contributed by atoms with van der Waals surface area (Å²) < 4.78 is 11.1. The molecule has 1 fully saturated rings. The van der Waals surface area contributed by atoms with E-state index in [-0.39, 0.29) is 12.5 Å². The Morgan fingerprint density at radius 1 is 1.50 bits per heavy atom. The van der Waals surface area contributed by atoms with Crippen molar-refractivity contribution in [3.63, 3.8) is 0 Å². The number of aliphatic carboxylic acids is 1. The Hall–Kier alpha value is -1.04. The van der Waals surface area contributed by atoms with E-state index in [0.717, 1.165) is 5.75 Å². The monoisotopic (exact) mass is 268 g/mol. The highest BCUT2D eigenvalue weighted by Gasteiger charge is 2.39. The molecule has 1 aromatic rings. The molecule has 1 aliphatic rings. The fourth-order valence-corrected chi connectivity index (χ4v) is 2.74. The molecule has 4 nitrogen and oxygen atoms in total. The number of ether oxygens (including phenoxy) is 2. The molecule has 1 aromatic carbocycles. The number of carboxylic acids is 1. The Kier molecular flexibility index (Phi) is 4.27. The van der Waals surface area contributed by atoms with Gasteiger partial charge in [-0.1, -0.05) is 18.2 Å². The highest BCUT2D eigenvalue weighted by molar-refractivity contribution is 7.99. The molecule has 1 aliphatic heterocycles. The SMILES string of the molecule is CC1(CC(=O)O)OCC(CSc2ccccc2)O1. The minimum absolute atomic E-state index is 0.0560. The van der Waals surface area contributed by atoms with E-state index < -0.39 is 11.8 Å². The van der Waals surface area contributed by atoms with Gasteiger partial charge in [-0.25, -0.2) is 0 Å². The highest BCUT2D eigenvalue weighted by atomic mass is 32.2. The van der Waals surface area contributed by atoms with E-state index in [2.05, 4.69) is 0 Å². The van der Waals surface area contributed by atoms with Crippen LogP contribution in [0.5, 0.6) is 0 Å². The zero-order valence-corrected chi connectivity index (χ0v) is 11.0. The van der Waals surface area contributed by atoms with Crippen molar-refractivity contribution in [3.8, 4) is 0 Å². The maximum Gasteiger partial charge on any atom is 0.308 e. The van der Waals surface area contributed by atoms with Crippen LogP contribution < -0.4 is 0 Å². The van der Waals surface area contributed by atoms with Crippen molar-refractivity contribution in [1.29, 1.82) is 0 Å². The van der Waals surface area contributed by atoms with Gasteiger partial charge in [-0.05, 0) is 19.1 Å². The molecular formula is C13H16O4S. The minimum Gasteiger partial charge on any atom is -0.481 e. The van der Waals surface area contributed by atoms with Crippen LogP contribution in [0.2, 0.25) is 0 Å². The first-order valence-electron chi connectivity index (χ1n) is 5.79. The van der Waals surface area contributed by atoms with E-state index in [1.165, 1.54) is 4.90 Å². The van der Waals surface area contributed by atoms with Crippen LogP contribution in [0, 0.1) is 0 Å². The van der Waals surface area contributed by atoms with E-state index >= 15 is 0 Å². The number of carboxylic acid groups (broad SMARTS) is 1. The zero-order chi connectivity index (χ0) is 13.0. The largest absolute Gasteiger partial charge is 0.481 e. The third-order valence-corrected chi connectivity index (χ3v) is 3.79. The minimum atomic E-state index is -0.978. The maximum atomic E-state index is 10.7. The molecule has 0 bridgehead atoms. The lowest BCUT2D eigenvalue weighted by atomic mass is 10.2. The Morgan fingerprint density at radius 2 is 2.22 bits per heavy atom. The molecule has 18 heavy (non-hydrogen) atoms. The number of thioether (sulfide) groups is 1. The summed E-state index contributed by atoms with van der Waals surface area (Å²) in [6.45, 7) is 2.12. The molecule has 1 heterocycles. The number of hydrogen-bond donors (Lipinski definition) is 1. The van der Waals surface area contributed by atoms with E-state index in [0.29, 0.717) is 6.61 Å². The number of rotatable bonds is 5. The van der Waals surface area contributed by atoms with Gasteiger partial charge in [0.05, 0.1) is 19.1 Å². The normalized spacial score (nSPS) is 27.3. The highest BCUT2D eigenvalue weighted by Crippen LogP contribution is 2.30. The van der Waals surface area contributed by atoms with Gasteiger partial charge in [0.1, 0.15) is 0 Å². The third kappa shape index (κ3) is 3.73. The van der Waals surface area contributed by atoms with Crippen molar-refractivity contribution in [3.05, 3.63) is 30.3 Å². The van der Waals surface area contributed by atoms with Gasteiger partial charge in [-0.15, -0.1) is 11.8 Å². The van der Waals surface area contributed by atoms with Gasteiger partial charge < -0.3 is 14.6 Å². The lowest BCUT2D eigenvalue weighted by Gasteiger charge is -2.20. The average Bonchev–Trinajstić information content (AvgIpc) is 2.68. The lowest BCUT2D eigenvalue weighted by Crippen LogP contribution is -2.30. The van der Waals surface area contributed by atoms with Crippen molar-refractivity contribution in [2.75, 3.05) is 12.4 Å². The van der Waals surface area contributed by atoms with Crippen LogP contribution in [0.15, 0.2) is 35.2 Å². The van der Waals surface area contributed by atoms with Crippen LogP contribution in [0.3, 0.4) is 0 Å². The average molecular weight is 268 g/mol. The summed E-state index contributed by atoms with van der Waals surface area (Å²) in [5.41, 5.74) is 0. The summed E-state index contributed by atoms with van der Waals surface area (Å²) in [5, 5.41) is 8.77. The second-order valence-electron chi connectivity index (χ2n) is 4.38. The van der Waals surface area contributed by atoms with Crippen molar-refractivity contribution in [1.82, 2.24) is 0 Å². The standard InChI is InChI=1S/C13H16O4S/c1-13(7-12(14)15)16-8-10(17-13)9-18-11-5-3-2-4-6-11/h2-6,10H,7-9H2,1H3,(H,14,15). The van der Waals surface area contributed by atoms with Gasteiger partial charge in [0.25, 0.3) is 0 Å². The summed E-state index contributed by atoms with van der Waals surface area (Å²) in [6, 6.07) is 10.0. The summed E-state index contributed by atoms with van der Waals surface area (Å²) in [7, 11) is 0. The van der Waals surface area contributed by atoms with Crippen molar-refractivity contribution in [2.45, 2.75) is 30.1 Å². The molecular weight excluding hydrogens is 252 g/mol. The predicted molar refractivity (Wildman–Crippen MR) is 68.6 cm³/mol. The smallest absolute Gasteiger partial charge is 0.308 e. The summed E-state index contributed by atoms with van der Waals surface area (Å²) >= 11 is 1.68. The molecule has 2 rings (SSSR count).